The zero-order chi connectivity index (χ0) is 21.3. The number of ether oxygens (including phenoxy) is 1. The summed E-state index contributed by atoms with van der Waals surface area (Å²) in [6, 6.07) is 3.59. The van der Waals surface area contributed by atoms with Crippen molar-refractivity contribution >= 4 is 17.5 Å². The van der Waals surface area contributed by atoms with Crippen LogP contribution in [0.1, 0.15) is 39.8 Å². The largest absolute Gasteiger partial charge is 0.485 e. The molecule has 1 N–H and O–H groups in total. The number of amides is 1. The van der Waals surface area contributed by atoms with Gasteiger partial charge in [-0.05, 0) is 65.4 Å². The van der Waals surface area contributed by atoms with Crippen LogP contribution in [0, 0.1) is 11.8 Å². The van der Waals surface area contributed by atoms with Crippen LogP contribution in [0.25, 0.3) is 0 Å². The SMILES string of the molecule is CC/C(C)=C(Cl)\C=C(\C#Cc1ccc(OC(C)(C)CN(C)C)cn1)C(=O)NC. The van der Waals surface area contributed by atoms with Gasteiger partial charge in [-0.2, -0.15) is 0 Å². The topological polar surface area (TPSA) is 54.5 Å². The van der Waals surface area contributed by atoms with Gasteiger partial charge in [-0.25, -0.2) is 4.98 Å². The molecule has 152 valence electrons. The lowest BCUT2D eigenvalue weighted by Crippen LogP contribution is -2.39. The van der Waals surface area contributed by atoms with Crippen LogP contribution in [-0.4, -0.2) is 49.1 Å². The zero-order valence-electron chi connectivity index (χ0n) is 17.8. The fraction of sp³-hybridized carbons (Fsp3) is 0.455. The number of aromatic nitrogens is 1. The molecule has 0 saturated carbocycles. The Morgan fingerprint density at radius 2 is 2.07 bits per heavy atom. The second kappa shape index (κ2) is 10.9. The molecule has 1 aromatic heterocycles. The van der Waals surface area contributed by atoms with Crippen LogP contribution in [-0.2, 0) is 4.79 Å². The standard InChI is InChI=1S/C22H30ClN3O2/c1-8-16(2)20(23)13-17(21(27)24-5)9-10-18-11-12-19(14-25-18)28-22(3,4)15-26(6)7/h11-14H,8,15H2,1-7H3,(H,24,27)/b17-13-,20-16+. The van der Waals surface area contributed by atoms with Gasteiger partial charge >= 0.3 is 0 Å². The number of likely N-dealkylation sites (N-methyl/N-ethyl adjacent to an activating group) is 2. The van der Waals surface area contributed by atoms with Gasteiger partial charge in [0.25, 0.3) is 5.91 Å². The first-order valence-corrected chi connectivity index (χ1v) is 9.56. The van der Waals surface area contributed by atoms with E-state index < -0.39 is 0 Å². The number of nitrogens with zero attached hydrogens (tertiary/aromatic N) is 2. The van der Waals surface area contributed by atoms with E-state index in [0.29, 0.717) is 16.5 Å². The van der Waals surface area contributed by atoms with Crippen LogP contribution in [0.5, 0.6) is 5.75 Å². The average molecular weight is 404 g/mol. The van der Waals surface area contributed by atoms with E-state index in [1.54, 1.807) is 25.4 Å². The van der Waals surface area contributed by atoms with E-state index >= 15 is 0 Å². The molecule has 0 aromatic carbocycles. The number of allylic oxidation sites excluding steroid dienone is 3. The lowest BCUT2D eigenvalue weighted by molar-refractivity contribution is -0.116. The Kier molecular flexibility index (Phi) is 9.24. The van der Waals surface area contributed by atoms with Crippen molar-refractivity contribution in [1.29, 1.82) is 0 Å². The highest BCUT2D eigenvalue weighted by molar-refractivity contribution is 6.32. The number of nitrogens with one attached hydrogen (secondary N) is 1. The number of hydrogen-bond donors (Lipinski definition) is 1. The van der Waals surface area contributed by atoms with E-state index in [4.69, 9.17) is 16.3 Å². The highest BCUT2D eigenvalue weighted by Crippen LogP contribution is 2.18. The van der Waals surface area contributed by atoms with Gasteiger partial charge in [-0.3, -0.25) is 4.79 Å². The summed E-state index contributed by atoms with van der Waals surface area (Å²) in [6.45, 7) is 8.75. The molecular formula is C22H30ClN3O2. The first-order chi connectivity index (χ1) is 13.1. The van der Waals surface area contributed by atoms with Gasteiger partial charge in [0.15, 0.2) is 0 Å². The maximum Gasteiger partial charge on any atom is 0.259 e. The number of carbonyl (C=O) groups is 1. The third-order valence-corrected chi connectivity index (χ3v) is 4.27. The number of rotatable bonds is 7. The molecule has 1 rings (SSSR count). The summed E-state index contributed by atoms with van der Waals surface area (Å²) >= 11 is 6.25. The normalized spacial score (nSPS) is 12.8. The first-order valence-electron chi connectivity index (χ1n) is 9.18. The maximum atomic E-state index is 12.1. The maximum absolute atomic E-state index is 12.1. The van der Waals surface area contributed by atoms with Crippen molar-refractivity contribution in [2.45, 2.75) is 39.7 Å². The van der Waals surface area contributed by atoms with E-state index in [-0.39, 0.29) is 17.1 Å². The molecular weight excluding hydrogens is 374 g/mol. The molecule has 0 saturated heterocycles. The van der Waals surface area contributed by atoms with Gasteiger partial charge in [0.1, 0.15) is 17.0 Å². The van der Waals surface area contributed by atoms with Crippen molar-refractivity contribution in [1.82, 2.24) is 15.2 Å². The Hall–Kier alpha value is -2.29. The van der Waals surface area contributed by atoms with E-state index in [9.17, 15) is 4.79 Å². The number of halogens is 1. The average Bonchev–Trinajstić information content (AvgIpc) is 2.63. The molecule has 0 aliphatic heterocycles. The van der Waals surface area contributed by atoms with Crippen molar-refractivity contribution in [2.75, 3.05) is 27.7 Å². The highest BCUT2D eigenvalue weighted by Gasteiger charge is 2.20. The molecule has 0 radical (unpaired) electrons. The smallest absolute Gasteiger partial charge is 0.259 e. The van der Waals surface area contributed by atoms with Crippen molar-refractivity contribution < 1.29 is 9.53 Å². The van der Waals surface area contributed by atoms with Crippen LogP contribution in [0.3, 0.4) is 0 Å². The summed E-state index contributed by atoms with van der Waals surface area (Å²) in [7, 11) is 5.56. The molecule has 6 heteroatoms. The first kappa shape index (κ1) is 23.7. The van der Waals surface area contributed by atoms with Crippen LogP contribution < -0.4 is 10.1 Å². The second-order valence-electron chi connectivity index (χ2n) is 7.35. The molecule has 0 unspecified atom stereocenters. The zero-order valence-corrected chi connectivity index (χ0v) is 18.6. The minimum atomic E-state index is -0.340. The van der Waals surface area contributed by atoms with E-state index in [1.807, 2.05) is 47.9 Å². The van der Waals surface area contributed by atoms with Crippen LogP contribution in [0.15, 0.2) is 40.6 Å². The molecule has 5 nitrogen and oxygen atoms in total. The van der Waals surface area contributed by atoms with Crippen LogP contribution >= 0.6 is 11.6 Å². The van der Waals surface area contributed by atoms with Gasteiger partial charge in [-0.15, -0.1) is 0 Å². The lowest BCUT2D eigenvalue weighted by Gasteiger charge is -2.29. The van der Waals surface area contributed by atoms with E-state index in [0.717, 1.165) is 18.5 Å². The minimum Gasteiger partial charge on any atom is -0.485 e. The predicted octanol–water partition coefficient (Wildman–Crippen LogP) is 3.75. The molecule has 1 aromatic rings. The molecule has 1 heterocycles. The molecule has 28 heavy (non-hydrogen) atoms. The Labute approximate surface area is 173 Å². The summed E-state index contributed by atoms with van der Waals surface area (Å²) in [4.78, 5) is 18.5. The van der Waals surface area contributed by atoms with Crippen LogP contribution in [0.2, 0.25) is 0 Å². The summed E-state index contributed by atoms with van der Waals surface area (Å²) in [5, 5.41) is 3.10. The molecule has 0 bridgehead atoms. The van der Waals surface area contributed by atoms with Crippen molar-refractivity contribution in [3.8, 4) is 17.6 Å². The molecule has 0 atom stereocenters. The molecule has 0 aliphatic carbocycles. The lowest BCUT2D eigenvalue weighted by atomic mass is 10.1. The molecule has 1 amide bonds. The third-order valence-electron chi connectivity index (χ3n) is 3.83. The Balaban J connectivity index is 3.03. The quantitative estimate of drug-likeness (QED) is 0.428. The summed E-state index contributed by atoms with van der Waals surface area (Å²) in [5.41, 5.74) is 1.48. The van der Waals surface area contributed by atoms with Crippen molar-refractivity contribution in [2.24, 2.45) is 0 Å². The summed E-state index contributed by atoms with van der Waals surface area (Å²) in [5.74, 6) is 6.15. The summed E-state index contributed by atoms with van der Waals surface area (Å²) < 4.78 is 5.99. The third kappa shape index (κ3) is 8.16. The minimum absolute atomic E-state index is 0.287. The second-order valence-corrected chi connectivity index (χ2v) is 7.75. The fourth-order valence-electron chi connectivity index (χ4n) is 2.47. The Bertz CT molecular complexity index is 797. The monoisotopic (exact) mass is 403 g/mol. The van der Waals surface area contributed by atoms with Crippen molar-refractivity contribution in [3.05, 3.63) is 46.3 Å². The number of carbonyl (C=O) groups excluding carboxylic acids is 1. The van der Waals surface area contributed by atoms with Crippen LogP contribution in [0.4, 0.5) is 0 Å². The van der Waals surface area contributed by atoms with Gasteiger partial charge in [0, 0.05) is 18.6 Å². The molecule has 0 spiro atoms. The van der Waals surface area contributed by atoms with Gasteiger partial charge in [-0.1, -0.05) is 30.0 Å². The number of pyridine rings is 1. The molecule has 0 fully saturated rings. The van der Waals surface area contributed by atoms with E-state index in [2.05, 4.69) is 27.0 Å². The number of hydrogen-bond acceptors (Lipinski definition) is 4. The van der Waals surface area contributed by atoms with Gasteiger partial charge in [0.05, 0.1) is 11.8 Å². The highest BCUT2D eigenvalue weighted by atomic mass is 35.5. The predicted molar refractivity (Wildman–Crippen MR) is 115 cm³/mol. The Morgan fingerprint density at radius 1 is 1.39 bits per heavy atom. The molecule has 0 aliphatic rings. The van der Waals surface area contributed by atoms with Crippen molar-refractivity contribution in [3.63, 3.8) is 0 Å². The van der Waals surface area contributed by atoms with Gasteiger partial charge < -0.3 is 15.0 Å². The van der Waals surface area contributed by atoms with E-state index in [1.165, 1.54) is 0 Å². The summed E-state index contributed by atoms with van der Waals surface area (Å²) in [6.07, 6.45) is 4.03. The fourth-order valence-corrected chi connectivity index (χ4v) is 2.71. The van der Waals surface area contributed by atoms with Gasteiger partial charge in [0.2, 0.25) is 0 Å². The Morgan fingerprint density at radius 3 is 2.57 bits per heavy atom.